The maximum Gasteiger partial charge on any atom is 0.222 e. The summed E-state index contributed by atoms with van der Waals surface area (Å²) < 4.78 is 0. The number of rotatable bonds is 5. The highest BCUT2D eigenvalue weighted by Gasteiger charge is 2.43. The van der Waals surface area contributed by atoms with Gasteiger partial charge in [-0.15, -0.1) is 0 Å². The summed E-state index contributed by atoms with van der Waals surface area (Å²) in [5.74, 6) is 0.916. The third kappa shape index (κ3) is 3.17. The third-order valence-corrected chi connectivity index (χ3v) is 3.45. The van der Waals surface area contributed by atoms with Gasteiger partial charge in [0, 0.05) is 20.0 Å². The Morgan fingerprint density at radius 2 is 2.21 bits per heavy atom. The van der Waals surface area contributed by atoms with E-state index in [1.54, 1.807) is 18.9 Å². The number of nitrogens with zero attached hydrogens (tertiary/aromatic N) is 1. The smallest absolute Gasteiger partial charge is 0.222 e. The number of likely N-dealkylation sites (N-methyl/N-ethyl adjacent to an activating group) is 1. The Bertz CT molecular complexity index is 214. The van der Waals surface area contributed by atoms with E-state index < -0.39 is 6.10 Å². The van der Waals surface area contributed by atoms with Crippen molar-refractivity contribution in [3.8, 4) is 0 Å². The molecule has 0 aromatic heterocycles. The van der Waals surface area contributed by atoms with Gasteiger partial charge in [-0.05, 0) is 30.9 Å². The fourth-order valence-electron chi connectivity index (χ4n) is 1.52. The minimum Gasteiger partial charge on any atom is -0.392 e. The van der Waals surface area contributed by atoms with Gasteiger partial charge in [0.15, 0.2) is 0 Å². The van der Waals surface area contributed by atoms with Crippen LogP contribution in [0, 0.1) is 5.41 Å². The van der Waals surface area contributed by atoms with E-state index in [2.05, 4.69) is 12.6 Å². The molecule has 0 spiro atoms. The molecule has 0 aromatic carbocycles. The Morgan fingerprint density at radius 3 is 2.57 bits per heavy atom. The molecule has 1 atom stereocenters. The molecule has 1 aliphatic carbocycles. The predicted molar refractivity (Wildman–Crippen MR) is 59.5 cm³/mol. The zero-order valence-electron chi connectivity index (χ0n) is 8.86. The minimum absolute atomic E-state index is 0.123. The number of aliphatic hydroxyl groups excluding tert-OH is 1. The quantitative estimate of drug-likeness (QED) is 0.673. The van der Waals surface area contributed by atoms with Gasteiger partial charge >= 0.3 is 0 Å². The van der Waals surface area contributed by atoms with Crippen molar-refractivity contribution in [2.45, 2.75) is 32.3 Å². The molecule has 4 heteroatoms. The first-order valence-corrected chi connectivity index (χ1v) is 5.65. The van der Waals surface area contributed by atoms with Gasteiger partial charge in [0.1, 0.15) is 0 Å². The van der Waals surface area contributed by atoms with Crippen LogP contribution in [0.15, 0.2) is 0 Å². The van der Waals surface area contributed by atoms with Crippen LogP contribution in [-0.4, -0.2) is 41.4 Å². The molecular formula is C10H19NO2S. The molecule has 1 aliphatic rings. The zero-order chi connectivity index (χ0) is 10.8. The molecule has 14 heavy (non-hydrogen) atoms. The largest absolute Gasteiger partial charge is 0.392 e. The maximum absolute atomic E-state index is 11.7. The highest BCUT2D eigenvalue weighted by molar-refractivity contribution is 7.80. The molecule has 3 nitrogen and oxygen atoms in total. The second-order valence-corrected chi connectivity index (χ2v) is 4.77. The molecule has 0 bridgehead atoms. The van der Waals surface area contributed by atoms with Crippen molar-refractivity contribution in [2.75, 3.05) is 19.3 Å². The first kappa shape index (κ1) is 11.9. The molecule has 0 aliphatic heterocycles. The number of amides is 1. The monoisotopic (exact) mass is 217 g/mol. The average molecular weight is 217 g/mol. The van der Waals surface area contributed by atoms with Crippen LogP contribution in [-0.2, 0) is 4.79 Å². The van der Waals surface area contributed by atoms with Crippen LogP contribution >= 0.6 is 12.6 Å². The van der Waals surface area contributed by atoms with Gasteiger partial charge in [0.25, 0.3) is 0 Å². The highest BCUT2D eigenvalue weighted by atomic mass is 32.1. The van der Waals surface area contributed by atoms with Crippen LogP contribution in [0.5, 0.6) is 0 Å². The lowest BCUT2D eigenvalue weighted by molar-refractivity contribution is -0.132. The van der Waals surface area contributed by atoms with Gasteiger partial charge in [-0.25, -0.2) is 0 Å². The second kappa shape index (κ2) is 4.53. The van der Waals surface area contributed by atoms with Crippen molar-refractivity contribution in [3.05, 3.63) is 0 Å². The predicted octanol–water partition coefficient (Wildman–Crippen LogP) is 0.926. The van der Waals surface area contributed by atoms with Crippen LogP contribution < -0.4 is 0 Å². The molecule has 1 N–H and O–H groups in total. The lowest BCUT2D eigenvalue weighted by Crippen LogP contribution is -2.34. The van der Waals surface area contributed by atoms with E-state index in [0.29, 0.717) is 13.0 Å². The third-order valence-electron chi connectivity index (χ3n) is 2.78. The second-order valence-electron chi connectivity index (χ2n) is 4.46. The van der Waals surface area contributed by atoms with Crippen molar-refractivity contribution in [1.82, 2.24) is 4.90 Å². The first-order chi connectivity index (χ1) is 6.49. The van der Waals surface area contributed by atoms with Crippen molar-refractivity contribution in [3.63, 3.8) is 0 Å². The van der Waals surface area contributed by atoms with E-state index in [1.165, 1.54) is 0 Å². The van der Waals surface area contributed by atoms with E-state index in [-0.39, 0.29) is 11.3 Å². The van der Waals surface area contributed by atoms with Gasteiger partial charge < -0.3 is 10.0 Å². The van der Waals surface area contributed by atoms with Crippen LogP contribution in [0.1, 0.15) is 26.2 Å². The zero-order valence-corrected chi connectivity index (χ0v) is 9.76. The number of carbonyl (C=O) groups is 1. The topological polar surface area (TPSA) is 40.5 Å². The summed E-state index contributed by atoms with van der Waals surface area (Å²) in [4.78, 5) is 13.3. The summed E-state index contributed by atoms with van der Waals surface area (Å²) in [5, 5.41) is 9.13. The molecule has 1 saturated carbocycles. The summed E-state index contributed by atoms with van der Waals surface area (Å²) in [6, 6.07) is 0. The Hall–Kier alpha value is -0.220. The fraction of sp³-hybridized carbons (Fsp3) is 0.900. The van der Waals surface area contributed by atoms with E-state index in [0.717, 1.165) is 18.6 Å². The summed E-state index contributed by atoms with van der Waals surface area (Å²) in [6.45, 7) is 2.11. The fourth-order valence-corrected chi connectivity index (χ4v) is 1.95. The molecule has 0 saturated heterocycles. The van der Waals surface area contributed by atoms with Gasteiger partial charge in [-0.2, -0.15) is 12.6 Å². The number of hydrogen-bond acceptors (Lipinski definition) is 3. The van der Waals surface area contributed by atoms with Gasteiger partial charge in [0.05, 0.1) is 6.10 Å². The highest BCUT2D eigenvalue weighted by Crippen LogP contribution is 2.49. The molecule has 0 heterocycles. The van der Waals surface area contributed by atoms with Crippen LogP contribution in [0.4, 0.5) is 0 Å². The minimum atomic E-state index is -0.449. The summed E-state index contributed by atoms with van der Waals surface area (Å²) in [6.07, 6.45) is 2.37. The van der Waals surface area contributed by atoms with Crippen molar-refractivity contribution < 1.29 is 9.90 Å². The normalized spacial score (nSPS) is 20.3. The Balaban J connectivity index is 2.34. The Kier molecular flexibility index (Phi) is 3.84. The van der Waals surface area contributed by atoms with E-state index in [9.17, 15) is 4.79 Å². The van der Waals surface area contributed by atoms with E-state index in [4.69, 9.17) is 5.11 Å². The molecule has 1 rings (SSSR count). The Morgan fingerprint density at radius 1 is 1.64 bits per heavy atom. The number of aliphatic hydroxyl groups is 1. The van der Waals surface area contributed by atoms with E-state index >= 15 is 0 Å². The van der Waals surface area contributed by atoms with E-state index in [1.807, 2.05) is 0 Å². The SMILES string of the molecule is CC(O)CN(C)C(=O)CC1(CS)CC1. The standard InChI is InChI=1S/C10H19NO2S/c1-8(12)6-11(2)9(13)5-10(7-14)3-4-10/h8,12,14H,3-7H2,1-2H3. The van der Waals surface area contributed by atoms with Crippen LogP contribution in [0.2, 0.25) is 0 Å². The Labute approximate surface area is 90.9 Å². The summed E-state index contributed by atoms with van der Waals surface area (Å²) in [5.41, 5.74) is 0.174. The maximum atomic E-state index is 11.7. The lowest BCUT2D eigenvalue weighted by atomic mass is 10.0. The van der Waals surface area contributed by atoms with Gasteiger partial charge in [-0.3, -0.25) is 4.79 Å². The molecule has 1 fully saturated rings. The summed E-state index contributed by atoms with van der Waals surface area (Å²) in [7, 11) is 1.74. The molecule has 82 valence electrons. The number of carbonyl (C=O) groups excluding carboxylic acids is 1. The number of thiol groups is 1. The van der Waals surface area contributed by atoms with Gasteiger partial charge in [-0.1, -0.05) is 0 Å². The molecule has 1 amide bonds. The van der Waals surface area contributed by atoms with Gasteiger partial charge in [0.2, 0.25) is 5.91 Å². The van der Waals surface area contributed by atoms with Crippen LogP contribution in [0.25, 0.3) is 0 Å². The molecule has 0 aromatic rings. The molecule has 0 radical (unpaired) electrons. The first-order valence-electron chi connectivity index (χ1n) is 5.02. The van der Waals surface area contributed by atoms with Crippen molar-refractivity contribution >= 4 is 18.5 Å². The van der Waals surface area contributed by atoms with Crippen molar-refractivity contribution in [1.29, 1.82) is 0 Å². The van der Waals surface area contributed by atoms with Crippen LogP contribution in [0.3, 0.4) is 0 Å². The molecular weight excluding hydrogens is 198 g/mol. The lowest BCUT2D eigenvalue weighted by Gasteiger charge is -2.21. The number of hydrogen-bond donors (Lipinski definition) is 2. The average Bonchev–Trinajstić information content (AvgIpc) is 2.84. The van der Waals surface area contributed by atoms with Crippen molar-refractivity contribution in [2.24, 2.45) is 5.41 Å². The summed E-state index contributed by atoms with van der Waals surface area (Å²) >= 11 is 4.26. The molecule has 1 unspecified atom stereocenters.